The molecule has 0 saturated heterocycles. The number of hydrogen-bond donors (Lipinski definition) is 1. The van der Waals surface area contributed by atoms with Crippen molar-refractivity contribution in [2.45, 2.75) is 0 Å². The van der Waals surface area contributed by atoms with Crippen LogP contribution in [0.25, 0.3) is 0 Å². The second-order valence-electron chi connectivity index (χ2n) is 2.05. The average Bonchev–Trinajstić information content (AvgIpc) is 1.84. The van der Waals surface area contributed by atoms with Crippen molar-refractivity contribution in [3.63, 3.8) is 0 Å². The number of benzene rings is 1. The van der Waals surface area contributed by atoms with E-state index in [0.29, 0.717) is 0 Å². The van der Waals surface area contributed by atoms with Gasteiger partial charge in [0.2, 0.25) is 0 Å². The van der Waals surface area contributed by atoms with Gasteiger partial charge in [0.05, 0.1) is 0 Å². The molecular weight excluding hydrogens is 137 g/mol. The van der Waals surface area contributed by atoms with Crippen molar-refractivity contribution >= 4 is 13.3 Å². The van der Waals surface area contributed by atoms with E-state index in [2.05, 4.69) is 0 Å². The molecule has 0 spiro atoms. The Kier molecular flexibility index (Phi) is 1.61. The molecule has 0 heterocycles. The molecule has 1 aromatic rings. The van der Waals surface area contributed by atoms with Crippen LogP contribution in [0.2, 0.25) is 0 Å². The lowest BCUT2D eigenvalue weighted by atomic mass is 9.95. The van der Waals surface area contributed by atoms with Crippen molar-refractivity contribution in [3.8, 4) is 5.75 Å². The van der Waals surface area contributed by atoms with Crippen molar-refractivity contribution in [2.24, 2.45) is 0 Å². The van der Waals surface area contributed by atoms with Crippen LogP contribution in [0.1, 0.15) is 0 Å². The lowest BCUT2D eigenvalue weighted by Gasteiger charge is -1.97. The van der Waals surface area contributed by atoms with Gasteiger partial charge in [0, 0.05) is 6.07 Å². The van der Waals surface area contributed by atoms with Gasteiger partial charge in [-0.15, -0.1) is 0 Å². The second kappa shape index (κ2) is 2.29. The first kappa shape index (κ1) is 7.06. The summed E-state index contributed by atoms with van der Waals surface area (Å²) in [5.41, 5.74) is 0.190. The molecule has 0 saturated carbocycles. The smallest absolute Gasteiger partial charge is 0.164 e. The van der Waals surface area contributed by atoms with Gasteiger partial charge in [-0.05, 0) is 6.07 Å². The van der Waals surface area contributed by atoms with E-state index in [0.717, 1.165) is 12.1 Å². The predicted octanol–water partition coefficient (Wildman–Crippen LogP) is -0.0712. The van der Waals surface area contributed by atoms with Crippen molar-refractivity contribution in [1.29, 1.82) is 0 Å². The van der Waals surface area contributed by atoms with E-state index in [1.807, 2.05) is 0 Å². The van der Waals surface area contributed by atoms with Gasteiger partial charge in [0.1, 0.15) is 13.7 Å². The SMILES string of the molecule is Bc1cc(F)c(O)cc1F. The second-order valence-corrected chi connectivity index (χ2v) is 2.05. The zero-order valence-corrected chi connectivity index (χ0v) is 5.36. The van der Waals surface area contributed by atoms with Gasteiger partial charge in [-0.25, -0.2) is 8.78 Å². The maximum Gasteiger partial charge on any atom is 0.164 e. The third-order valence-electron chi connectivity index (χ3n) is 1.23. The summed E-state index contributed by atoms with van der Waals surface area (Å²) in [6, 6.07) is 1.70. The summed E-state index contributed by atoms with van der Waals surface area (Å²) >= 11 is 0. The van der Waals surface area contributed by atoms with Crippen LogP contribution in [0.4, 0.5) is 8.78 Å². The van der Waals surface area contributed by atoms with Crippen LogP contribution in [-0.2, 0) is 0 Å². The molecule has 0 unspecified atom stereocenters. The fourth-order valence-corrected chi connectivity index (χ4v) is 0.636. The van der Waals surface area contributed by atoms with E-state index in [4.69, 9.17) is 5.11 Å². The van der Waals surface area contributed by atoms with Crippen LogP contribution >= 0.6 is 0 Å². The summed E-state index contributed by atoms with van der Waals surface area (Å²) in [7, 11) is 1.43. The largest absolute Gasteiger partial charge is 0.505 e. The summed E-state index contributed by atoms with van der Waals surface area (Å²) in [6.07, 6.45) is 0. The molecule has 0 aromatic heterocycles. The molecule has 0 bridgehead atoms. The van der Waals surface area contributed by atoms with Crippen LogP contribution in [0.15, 0.2) is 12.1 Å². The first-order chi connectivity index (χ1) is 4.61. The predicted molar refractivity (Wildman–Crippen MR) is 36.2 cm³/mol. The van der Waals surface area contributed by atoms with E-state index >= 15 is 0 Å². The molecule has 0 aliphatic carbocycles. The van der Waals surface area contributed by atoms with Gasteiger partial charge in [-0.3, -0.25) is 0 Å². The van der Waals surface area contributed by atoms with Gasteiger partial charge in [-0.2, -0.15) is 0 Å². The number of halogens is 2. The summed E-state index contributed by atoms with van der Waals surface area (Å²) in [5.74, 6) is -2.04. The van der Waals surface area contributed by atoms with E-state index in [-0.39, 0.29) is 5.46 Å². The highest BCUT2D eigenvalue weighted by molar-refractivity contribution is 6.32. The molecular formula is C6H5BF2O. The molecule has 1 rings (SSSR count). The number of hydrogen-bond acceptors (Lipinski definition) is 1. The van der Waals surface area contributed by atoms with Gasteiger partial charge < -0.3 is 5.11 Å². The highest BCUT2D eigenvalue weighted by Gasteiger charge is 2.03. The first-order valence-electron chi connectivity index (χ1n) is 2.76. The Hall–Kier alpha value is -1.06. The molecule has 52 valence electrons. The average molecular weight is 142 g/mol. The Balaban J connectivity index is 3.28. The van der Waals surface area contributed by atoms with E-state index in [1.165, 1.54) is 7.85 Å². The highest BCUT2D eigenvalue weighted by atomic mass is 19.1. The van der Waals surface area contributed by atoms with Gasteiger partial charge in [0.15, 0.2) is 11.6 Å². The molecule has 1 N–H and O–H groups in total. The van der Waals surface area contributed by atoms with E-state index < -0.39 is 17.4 Å². The molecule has 4 heteroatoms. The summed E-state index contributed by atoms with van der Waals surface area (Å²) < 4.78 is 24.8. The lowest BCUT2D eigenvalue weighted by Crippen LogP contribution is -2.08. The van der Waals surface area contributed by atoms with Crippen LogP contribution in [0.3, 0.4) is 0 Å². The minimum absolute atomic E-state index is 0.190. The Morgan fingerprint density at radius 3 is 2.30 bits per heavy atom. The molecule has 0 fully saturated rings. The fourth-order valence-electron chi connectivity index (χ4n) is 0.636. The minimum atomic E-state index is -0.793. The molecule has 0 atom stereocenters. The number of phenols is 1. The maximum absolute atomic E-state index is 12.4. The number of phenolic OH excluding ortho intramolecular Hbond substituents is 1. The third kappa shape index (κ3) is 1.10. The van der Waals surface area contributed by atoms with Crippen molar-refractivity contribution in [2.75, 3.05) is 0 Å². The van der Waals surface area contributed by atoms with Crippen LogP contribution in [-0.4, -0.2) is 13.0 Å². The summed E-state index contributed by atoms with van der Waals surface area (Å²) in [4.78, 5) is 0. The number of rotatable bonds is 0. The van der Waals surface area contributed by atoms with E-state index in [9.17, 15) is 8.78 Å². The highest BCUT2D eigenvalue weighted by Crippen LogP contribution is 2.13. The molecule has 1 nitrogen and oxygen atoms in total. The van der Waals surface area contributed by atoms with Crippen LogP contribution in [0.5, 0.6) is 5.75 Å². The zero-order valence-electron chi connectivity index (χ0n) is 5.36. The topological polar surface area (TPSA) is 20.2 Å². The van der Waals surface area contributed by atoms with Gasteiger partial charge in [-0.1, -0.05) is 5.46 Å². The first-order valence-corrected chi connectivity index (χ1v) is 2.76. The molecule has 0 aliphatic rings. The quantitative estimate of drug-likeness (QED) is 0.502. The third-order valence-corrected chi connectivity index (χ3v) is 1.23. The maximum atomic E-state index is 12.4. The molecule has 0 radical (unpaired) electrons. The number of aromatic hydroxyl groups is 1. The molecule has 0 amide bonds. The van der Waals surface area contributed by atoms with Gasteiger partial charge in [0.25, 0.3) is 0 Å². The minimum Gasteiger partial charge on any atom is -0.505 e. The fraction of sp³-hybridized carbons (Fsp3) is 0. The van der Waals surface area contributed by atoms with Crippen LogP contribution < -0.4 is 5.46 Å². The van der Waals surface area contributed by atoms with Crippen molar-refractivity contribution in [1.82, 2.24) is 0 Å². The van der Waals surface area contributed by atoms with Crippen molar-refractivity contribution < 1.29 is 13.9 Å². The Morgan fingerprint density at radius 1 is 1.20 bits per heavy atom. The standard InChI is InChI=1S/C6H5BF2O/c7-3-1-5(9)6(10)2-4(3)8/h1-2,10H,7H2. The monoisotopic (exact) mass is 142 g/mol. The normalized spacial score (nSPS) is 9.80. The van der Waals surface area contributed by atoms with Gasteiger partial charge >= 0.3 is 0 Å². The van der Waals surface area contributed by atoms with Crippen LogP contribution in [0, 0.1) is 11.6 Å². The zero-order chi connectivity index (χ0) is 7.72. The summed E-state index contributed by atoms with van der Waals surface area (Å²) in [5, 5.41) is 8.61. The van der Waals surface area contributed by atoms with Crippen molar-refractivity contribution in [3.05, 3.63) is 23.8 Å². The Labute approximate surface area is 57.7 Å². The Morgan fingerprint density at radius 2 is 1.80 bits per heavy atom. The summed E-state index contributed by atoms with van der Waals surface area (Å²) in [6.45, 7) is 0. The Bertz CT molecular complexity index is 212. The lowest BCUT2D eigenvalue weighted by molar-refractivity contribution is 0.427. The molecule has 0 aliphatic heterocycles. The molecule has 1 aromatic carbocycles. The molecule has 10 heavy (non-hydrogen) atoms. The van der Waals surface area contributed by atoms with E-state index in [1.54, 1.807) is 0 Å².